The zero-order chi connectivity index (χ0) is 15.5. The molecule has 0 saturated carbocycles. The minimum absolute atomic E-state index is 0.00981. The van der Waals surface area contributed by atoms with E-state index in [1.807, 2.05) is 37.4 Å². The lowest BCUT2D eigenvalue weighted by molar-refractivity contribution is -0.126. The number of fused-ring (bicyclic) bond motifs is 1. The number of benzene rings is 1. The maximum Gasteiger partial charge on any atom is 0.224 e. The number of hydrogen-bond acceptors (Lipinski definition) is 3. The SMILES string of the molecule is COc1ccc(C(C)NC(=O)C2CCn3ccnc3C2)cc1. The van der Waals surface area contributed by atoms with Crippen LogP contribution >= 0.6 is 0 Å². The van der Waals surface area contributed by atoms with Gasteiger partial charge in [-0.25, -0.2) is 4.98 Å². The van der Waals surface area contributed by atoms with Crippen LogP contribution in [-0.4, -0.2) is 22.6 Å². The van der Waals surface area contributed by atoms with Gasteiger partial charge < -0.3 is 14.6 Å². The molecule has 2 heterocycles. The first-order chi connectivity index (χ1) is 10.7. The number of methoxy groups -OCH3 is 1. The van der Waals surface area contributed by atoms with Gasteiger partial charge in [0.05, 0.1) is 13.2 Å². The van der Waals surface area contributed by atoms with Crippen LogP contribution in [0.2, 0.25) is 0 Å². The number of rotatable bonds is 4. The second-order valence-electron chi connectivity index (χ2n) is 5.73. The summed E-state index contributed by atoms with van der Waals surface area (Å²) in [4.78, 5) is 16.8. The van der Waals surface area contributed by atoms with Crippen LogP contribution in [0.25, 0.3) is 0 Å². The monoisotopic (exact) mass is 299 g/mol. The van der Waals surface area contributed by atoms with E-state index >= 15 is 0 Å². The molecule has 1 aliphatic heterocycles. The highest BCUT2D eigenvalue weighted by Crippen LogP contribution is 2.22. The van der Waals surface area contributed by atoms with Gasteiger partial charge in [0.2, 0.25) is 5.91 Å². The summed E-state index contributed by atoms with van der Waals surface area (Å²) >= 11 is 0. The number of imidazole rings is 1. The van der Waals surface area contributed by atoms with Gasteiger partial charge in [-0.2, -0.15) is 0 Å². The Balaban J connectivity index is 1.61. The number of ether oxygens (including phenoxy) is 1. The van der Waals surface area contributed by atoms with E-state index in [9.17, 15) is 4.79 Å². The van der Waals surface area contributed by atoms with Crippen molar-refractivity contribution in [2.45, 2.75) is 32.4 Å². The van der Waals surface area contributed by atoms with Gasteiger partial charge in [0.25, 0.3) is 0 Å². The topological polar surface area (TPSA) is 56.1 Å². The fourth-order valence-electron chi connectivity index (χ4n) is 2.88. The largest absolute Gasteiger partial charge is 0.497 e. The molecule has 1 amide bonds. The van der Waals surface area contributed by atoms with E-state index < -0.39 is 0 Å². The second kappa shape index (κ2) is 6.22. The molecule has 116 valence electrons. The summed E-state index contributed by atoms with van der Waals surface area (Å²) in [7, 11) is 1.65. The van der Waals surface area contributed by atoms with Gasteiger partial charge in [0.15, 0.2) is 0 Å². The fraction of sp³-hybridized carbons (Fsp3) is 0.412. The van der Waals surface area contributed by atoms with Crippen LogP contribution in [0.15, 0.2) is 36.7 Å². The average Bonchev–Trinajstić information content (AvgIpc) is 3.02. The Kier molecular flexibility index (Phi) is 4.13. The summed E-state index contributed by atoms with van der Waals surface area (Å²) in [5, 5.41) is 3.11. The molecule has 22 heavy (non-hydrogen) atoms. The van der Waals surface area contributed by atoms with Crippen molar-refractivity contribution in [1.29, 1.82) is 0 Å². The first kappa shape index (κ1) is 14.6. The number of aryl methyl sites for hydroxylation is 1. The molecule has 0 spiro atoms. The number of aromatic nitrogens is 2. The number of nitrogens with zero attached hydrogens (tertiary/aromatic N) is 2. The molecule has 1 aliphatic rings. The van der Waals surface area contributed by atoms with Crippen LogP contribution in [0.4, 0.5) is 0 Å². The minimum atomic E-state index is -0.0138. The third-order valence-corrected chi connectivity index (χ3v) is 4.29. The van der Waals surface area contributed by atoms with Crippen LogP contribution in [0, 0.1) is 5.92 Å². The molecule has 1 aromatic heterocycles. The normalized spacial score (nSPS) is 18.4. The molecule has 5 nitrogen and oxygen atoms in total. The minimum Gasteiger partial charge on any atom is -0.497 e. The first-order valence-corrected chi connectivity index (χ1v) is 7.61. The van der Waals surface area contributed by atoms with Crippen molar-refractivity contribution in [3.05, 3.63) is 48.0 Å². The lowest BCUT2D eigenvalue weighted by Gasteiger charge is -2.24. The van der Waals surface area contributed by atoms with Crippen molar-refractivity contribution in [3.63, 3.8) is 0 Å². The van der Waals surface area contributed by atoms with Crippen LogP contribution in [0.1, 0.15) is 30.8 Å². The molecule has 3 rings (SSSR count). The number of carbonyl (C=O) groups is 1. The second-order valence-corrected chi connectivity index (χ2v) is 5.73. The molecular weight excluding hydrogens is 278 g/mol. The fourth-order valence-corrected chi connectivity index (χ4v) is 2.88. The summed E-state index contributed by atoms with van der Waals surface area (Å²) in [5.41, 5.74) is 1.08. The lowest BCUT2D eigenvalue weighted by Crippen LogP contribution is -2.36. The van der Waals surface area contributed by atoms with Gasteiger partial charge in [-0.3, -0.25) is 4.79 Å². The summed E-state index contributed by atoms with van der Waals surface area (Å²) in [6.07, 6.45) is 5.36. The zero-order valence-electron chi connectivity index (χ0n) is 13.0. The molecule has 1 aromatic carbocycles. The standard InChI is InChI=1S/C17H21N3O2/c1-12(13-3-5-15(22-2)6-4-13)19-17(21)14-7-9-20-10-8-18-16(20)11-14/h3-6,8,10,12,14H,7,9,11H2,1-2H3,(H,19,21). The molecule has 0 radical (unpaired) electrons. The van der Waals surface area contributed by atoms with E-state index in [0.29, 0.717) is 6.42 Å². The van der Waals surface area contributed by atoms with Crippen molar-refractivity contribution in [2.24, 2.45) is 5.92 Å². The Morgan fingerprint density at radius 1 is 1.41 bits per heavy atom. The molecule has 0 saturated heterocycles. The van der Waals surface area contributed by atoms with Crippen molar-refractivity contribution >= 4 is 5.91 Å². The van der Waals surface area contributed by atoms with Gasteiger partial charge in [0.1, 0.15) is 11.6 Å². The van der Waals surface area contributed by atoms with Gasteiger partial charge in [-0.15, -0.1) is 0 Å². The highest BCUT2D eigenvalue weighted by molar-refractivity contribution is 5.79. The van der Waals surface area contributed by atoms with Gasteiger partial charge in [-0.05, 0) is 31.0 Å². The molecule has 1 N–H and O–H groups in total. The van der Waals surface area contributed by atoms with E-state index in [0.717, 1.165) is 30.1 Å². The predicted molar refractivity (Wildman–Crippen MR) is 83.6 cm³/mol. The highest BCUT2D eigenvalue weighted by Gasteiger charge is 2.26. The van der Waals surface area contributed by atoms with Crippen LogP contribution < -0.4 is 10.1 Å². The van der Waals surface area contributed by atoms with Crippen LogP contribution in [0.5, 0.6) is 5.75 Å². The smallest absolute Gasteiger partial charge is 0.224 e. The maximum atomic E-state index is 12.5. The van der Waals surface area contributed by atoms with Gasteiger partial charge in [0, 0.05) is 31.3 Å². The van der Waals surface area contributed by atoms with Crippen LogP contribution in [0.3, 0.4) is 0 Å². The third-order valence-electron chi connectivity index (χ3n) is 4.29. The Hall–Kier alpha value is -2.30. The summed E-state index contributed by atoms with van der Waals surface area (Å²) < 4.78 is 7.28. The Morgan fingerprint density at radius 3 is 2.91 bits per heavy atom. The molecule has 2 atom stereocenters. The Morgan fingerprint density at radius 2 is 2.18 bits per heavy atom. The highest BCUT2D eigenvalue weighted by atomic mass is 16.5. The van der Waals surface area contributed by atoms with E-state index in [2.05, 4.69) is 14.9 Å². The first-order valence-electron chi connectivity index (χ1n) is 7.61. The summed E-state index contributed by atoms with van der Waals surface area (Å²) in [5.74, 6) is 1.94. The van der Waals surface area contributed by atoms with Crippen molar-refractivity contribution < 1.29 is 9.53 Å². The van der Waals surface area contributed by atoms with E-state index in [1.54, 1.807) is 13.3 Å². The number of carbonyl (C=O) groups excluding carboxylic acids is 1. The molecule has 5 heteroatoms. The van der Waals surface area contributed by atoms with Crippen LogP contribution in [-0.2, 0) is 17.8 Å². The van der Waals surface area contributed by atoms with Crippen molar-refractivity contribution in [1.82, 2.24) is 14.9 Å². The Bertz CT molecular complexity index is 648. The van der Waals surface area contributed by atoms with Gasteiger partial charge in [-0.1, -0.05) is 12.1 Å². The number of nitrogens with one attached hydrogen (secondary N) is 1. The molecule has 2 aromatic rings. The van der Waals surface area contributed by atoms with E-state index in [-0.39, 0.29) is 17.9 Å². The van der Waals surface area contributed by atoms with E-state index in [4.69, 9.17) is 4.74 Å². The summed E-state index contributed by atoms with van der Waals surface area (Å²) in [6.45, 7) is 2.87. The Labute approximate surface area is 130 Å². The number of hydrogen-bond donors (Lipinski definition) is 1. The third kappa shape index (κ3) is 2.98. The molecular formula is C17H21N3O2. The number of amides is 1. The predicted octanol–water partition coefficient (Wildman–Crippen LogP) is 2.33. The average molecular weight is 299 g/mol. The molecule has 0 fully saturated rings. The molecule has 0 bridgehead atoms. The van der Waals surface area contributed by atoms with Crippen molar-refractivity contribution in [2.75, 3.05) is 7.11 Å². The maximum absolute atomic E-state index is 12.5. The summed E-state index contributed by atoms with van der Waals surface area (Å²) in [6, 6.07) is 7.78. The van der Waals surface area contributed by atoms with E-state index in [1.165, 1.54) is 0 Å². The quantitative estimate of drug-likeness (QED) is 0.942. The van der Waals surface area contributed by atoms with Gasteiger partial charge >= 0.3 is 0 Å². The zero-order valence-corrected chi connectivity index (χ0v) is 13.0. The lowest BCUT2D eigenvalue weighted by atomic mass is 9.96. The molecule has 2 unspecified atom stereocenters. The molecule has 0 aliphatic carbocycles. The van der Waals surface area contributed by atoms with Crippen molar-refractivity contribution in [3.8, 4) is 5.75 Å².